The molecule has 1 N–H and O–H groups in total. The number of hydrogen-bond donors (Lipinski definition) is 1. The molecule has 1 heterocycles. The molecule has 1 aromatic carbocycles. The summed E-state index contributed by atoms with van der Waals surface area (Å²) in [6, 6.07) is 7.26. The Morgan fingerprint density at radius 1 is 1.36 bits per heavy atom. The van der Waals surface area contributed by atoms with Crippen LogP contribution in [0.3, 0.4) is 0 Å². The number of likely N-dealkylation sites (tertiary alicyclic amines) is 1. The molecule has 0 aromatic heterocycles. The maximum Gasteiger partial charge on any atom is 0.311 e. The molecule has 1 aliphatic rings. The monoisotopic (exact) mass is 346 g/mol. The van der Waals surface area contributed by atoms with Crippen LogP contribution >= 0.6 is 0 Å². The highest BCUT2D eigenvalue weighted by Crippen LogP contribution is 2.24. The lowest BCUT2D eigenvalue weighted by Gasteiger charge is -2.32. The van der Waals surface area contributed by atoms with Crippen molar-refractivity contribution in [2.24, 2.45) is 5.92 Å². The van der Waals surface area contributed by atoms with E-state index in [0.717, 1.165) is 18.4 Å². The summed E-state index contributed by atoms with van der Waals surface area (Å²) in [7, 11) is 0. The average Bonchev–Trinajstić information content (AvgIpc) is 2.60. The number of hydrogen-bond acceptors (Lipinski definition) is 4. The molecule has 25 heavy (non-hydrogen) atoms. The van der Waals surface area contributed by atoms with Gasteiger partial charge in [-0.15, -0.1) is 0 Å². The molecule has 2 amide bonds. The van der Waals surface area contributed by atoms with Gasteiger partial charge in [0.25, 0.3) is 0 Å². The van der Waals surface area contributed by atoms with Gasteiger partial charge in [0.2, 0.25) is 11.8 Å². The van der Waals surface area contributed by atoms with E-state index in [1.165, 1.54) is 6.92 Å². The zero-order valence-corrected chi connectivity index (χ0v) is 15.1. The lowest BCUT2D eigenvalue weighted by atomic mass is 9.97. The first-order valence-corrected chi connectivity index (χ1v) is 8.76. The standard InChI is InChI=1S/C19H26N2O4/c1-4-18(23)21-10-6-8-16(12-21)19(24)25-13(2)15-7-5-9-17(11-15)20-14(3)22/h5,7,9,11,13,16H,4,6,8,10,12H2,1-3H3,(H,20,22)/t13-,16-/m1/s1. The van der Waals surface area contributed by atoms with Crippen molar-refractivity contribution < 1.29 is 19.1 Å². The molecule has 6 heteroatoms. The minimum Gasteiger partial charge on any atom is -0.458 e. The molecule has 0 radical (unpaired) electrons. The van der Waals surface area contributed by atoms with Crippen molar-refractivity contribution >= 4 is 23.5 Å². The van der Waals surface area contributed by atoms with Crippen LogP contribution in [0.25, 0.3) is 0 Å². The number of anilines is 1. The van der Waals surface area contributed by atoms with Gasteiger partial charge in [0.1, 0.15) is 6.10 Å². The van der Waals surface area contributed by atoms with Crippen LogP contribution in [-0.2, 0) is 19.1 Å². The number of carbonyl (C=O) groups excluding carboxylic acids is 3. The van der Waals surface area contributed by atoms with E-state index in [1.54, 1.807) is 17.0 Å². The summed E-state index contributed by atoms with van der Waals surface area (Å²) in [6.45, 7) is 6.23. The molecular weight excluding hydrogens is 320 g/mol. The Labute approximate surface area is 148 Å². The Morgan fingerprint density at radius 2 is 2.12 bits per heavy atom. The third-order valence-electron chi connectivity index (χ3n) is 4.38. The molecule has 6 nitrogen and oxygen atoms in total. The van der Waals surface area contributed by atoms with Crippen LogP contribution in [0, 0.1) is 5.92 Å². The van der Waals surface area contributed by atoms with Crippen molar-refractivity contribution in [1.82, 2.24) is 4.90 Å². The second kappa shape index (κ2) is 8.65. The molecular formula is C19H26N2O4. The van der Waals surface area contributed by atoms with Crippen LogP contribution in [0.4, 0.5) is 5.69 Å². The van der Waals surface area contributed by atoms with Crippen molar-refractivity contribution in [3.8, 4) is 0 Å². The largest absolute Gasteiger partial charge is 0.458 e. The molecule has 2 rings (SSSR count). The van der Waals surface area contributed by atoms with E-state index in [4.69, 9.17) is 4.74 Å². The SMILES string of the molecule is CCC(=O)N1CCC[C@@H](C(=O)O[C@H](C)c2cccc(NC(C)=O)c2)C1. The van der Waals surface area contributed by atoms with E-state index in [9.17, 15) is 14.4 Å². The highest BCUT2D eigenvalue weighted by atomic mass is 16.5. The van der Waals surface area contributed by atoms with E-state index < -0.39 is 6.10 Å². The third kappa shape index (κ3) is 5.31. The second-order valence-corrected chi connectivity index (χ2v) is 6.42. The number of amides is 2. The van der Waals surface area contributed by atoms with Crippen LogP contribution < -0.4 is 5.32 Å². The summed E-state index contributed by atoms with van der Waals surface area (Å²) >= 11 is 0. The van der Waals surface area contributed by atoms with Crippen LogP contribution in [0.15, 0.2) is 24.3 Å². The van der Waals surface area contributed by atoms with Gasteiger partial charge in [0.15, 0.2) is 0 Å². The summed E-state index contributed by atoms with van der Waals surface area (Å²) < 4.78 is 5.61. The zero-order chi connectivity index (χ0) is 18.4. The van der Waals surface area contributed by atoms with Gasteiger partial charge in [0.05, 0.1) is 5.92 Å². The summed E-state index contributed by atoms with van der Waals surface area (Å²) in [5.41, 5.74) is 1.49. The van der Waals surface area contributed by atoms with Gasteiger partial charge in [-0.2, -0.15) is 0 Å². The van der Waals surface area contributed by atoms with Gasteiger partial charge in [-0.1, -0.05) is 19.1 Å². The molecule has 1 saturated heterocycles. The normalized spacial score (nSPS) is 18.4. The van der Waals surface area contributed by atoms with E-state index in [0.29, 0.717) is 25.2 Å². The number of piperidine rings is 1. The Kier molecular flexibility index (Phi) is 6.56. The molecule has 1 aliphatic heterocycles. The molecule has 1 aromatic rings. The average molecular weight is 346 g/mol. The van der Waals surface area contributed by atoms with E-state index in [-0.39, 0.29) is 23.7 Å². The van der Waals surface area contributed by atoms with Crippen molar-refractivity contribution in [3.63, 3.8) is 0 Å². The number of nitrogens with zero attached hydrogens (tertiary/aromatic N) is 1. The van der Waals surface area contributed by atoms with Crippen molar-refractivity contribution in [2.45, 2.75) is 46.1 Å². The number of benzene rings is 1. The summed E-state index contributed by atoms with van der Waals surface area (Å²) in [4.78, 5) is 37.2. The maximum atomic E-state index is 12.5. The number of rotatable bonds is 5. The Hall–Kier alpha value is -2.37. The van der Waals surface area contributed by atoms with E-state index in [1.807, 2.05) is 26.0 Å². The molecule has 0 unspecified atom stereocenters. The first-order chi connectivity index (χ1) is 11.9. The Morgan fingerprint density at radius 3 is 2.80 bits per heavy atom. The maximum absolute atomic E-state index is 12.5. The number of esters is 1. The molecule has 0 spiro atoms. The summed E-state index contributed by atoms with van der Waals surface area (Å²) in [5.74, 6) is -0.616. The van der Waals surface area contributed by atoms with Crippen LogP contribution in [0.2, 0.25) is 0 Å². The van der Waals surface area contributed by atoms with Gasteiger partial charge in [-0.25, -0.2) is 0 Å². The predicted molar refractivity (Wildman–Crippen MR) is 94.8 cm³/mol. The number of nitrogens with one attached hydrogen (secondary N) is 1. The molecule has 136 valence electrons. The molecule has 1 fully saturated rings. The highest BCUT2D eigenvalue weighted by molar-refractivity contribution is 5.88. The van der Waals surface area contributed by atoms with Gasteiger partial charge < -0.3 is 15.0 Å². The van der Waals surface area contributed by atoms with Gasteiger partial charge >= 0.3 is 5.97 Å². The first kappa shape index (κ1) is 19.0. The van der Waals surface area contributed by atoms with Gasteiger partial charge in [-0.3, -0.25) is 14.4 Å². The predicted octanol–water partition coefficient (Wildman–Crippen LogP) is 2.90. The van der Waals surface area contributed by atoms with Gasteiger partial charge in [0, 0.05) is 32.1 Å². The lowest BCUT2D eigenvalue weighted by molar-refractivity contribution is -0.156. The summed E-state index contributed by atoms with van der Waals surface area (Å²) in [6.07, 6.45) is 1.59. The van der Waals surface area contributed by atoms with Crippen LogP contribution in [0.1, 0.15) is 51.7 Å². The van der Waals surface area contributed by atoms with Gasteiger partial charge in [-0.05, 0) is 37.5 Å². The van der Waals surface area contributed by atoms with Crippen molar-refractivity contribution in [3.05, 3.63) is 29.8 Å². The van der Waals surface area contributed by atoms with E-state index >= 15 is 0 Å². The van der Waals surface area contributed by atoms with E-state index in [2.05, 4.69) is 5.32 Å². The quantitative estimate of drug-likeness (QED) is 0.832. The first-order valence-electron chi connectivity index (χ1n) is 8.76. The summed E-state index contributed by atoms with van der Waals surface area (Å²) in [5, 5.41) is 2.72. The minimum absolute atomic E-state index is 0.0774. The molecule has 0 saturated carbocycles. The topological polar surface area (TPSA) is 75.7 Å². The lowest BCUT2D eigenvalue weighted by Crippen LogP contribution is -2.42. The fraction of sp³-hybridized carbons (Fsp3) is 0.526. The van der Waals surface area contributed by atoms with Crippen molar-refractivity contribution in [2.75, 3.05) is 18.4 Å². The Bertz CT molecular complexity index is 644. The van der Waals surface area contributed by atoms with Crippen LogP contribution in [0.5, 0.6) is 0 Å². The fourth-order valence-corrected chi connectivity index (χ4v) is 3.03. The minimum atomic E-state index is -0.418. The van der Waals surface area contributed by atoms with Crippen molar-refractivity contribution in [1.29, 1.82) is 0 Å². The highest BCUT2D eigenvalue weighted by Gasteiger charge is 2.30. The third-order valence-corrected chi connectivity index (χ3v) is 4.38. The zero-order valence-electron chi connectivity index (χ0n) is 15.1. The smallest absolute Gasteiger partial charge is 0.311 e. The Balaban J connectivity index is 1.97. The molecule has 2 atom stereocenters. The molecule has 0 bridgehead atoms. The second-order valence-electron chi connectivity index (χ2n) is 6.42. The van der Waals surface area contributed by atoms with Crippen LogP contribution in [-0.4, -0.2) is 35.8 Å². The molecule has 0 aliphatic carbocycles. The number of ether oxygens (including phenoxy) is 1. The fourth-order valence-electron chi connectivity index (χ4n) is 3.03. The number of carbonyl (C=O) groups is 3.